The molecule has 1 aliphatic rings. The van der Waals surface area contributed by atoms with Crippen LogP contribution in [0, 0.1) is 19.3 Å². The molecule has 2 aromatic rings. The van der Waals surface area contributed by atoms with E-state index in [2.05, 4.69) is 31.2 Å². The van der Waals surface area contributed by atoms with Gasteiger partial charge in [0, 0.05) is 26.2 Å². The van der Waals surface area contributed by atoms with E-state index in [4.69, 9.17) is 6.42 Å². The highest BCUT2D eigenvalue weighted by atomic mass is 32.2. The molecule has 0 spiro atoms. The van der Waals surface area contributed by atoms with Crippen LogP contribution in [-0.4, -0.2) is 59.5 Å². The molecule has 136 valence electrons. The number of thioether (sulfide) groups is 1. The number of piperazine rings is 1. The molecule has 6 nitrogen and oxygen atoms in total. The molecule has 2 heterocycles. The minimum absolute atomic E-state index is 0.0405. The summed E-state index contributed by atoms with van der Waals surface area (Å²) in [5.74, 6) is 2.98. The number of aromatic nitrogens is 2. The van der Waals surface area contributed by atoms with Gasteiger partial charge in [-0.05, 0) is 19.1 Å². The highest BCUT2D eigenvalue weighted by Gasteiger charge is 2.19. The van der Waals surface area contributed by atoms with E-state index in [1.54, 1.807) is 0 Å². The van der Waals surface area contributed by atoms with Crippen LogP contribution in [0.4, 0.5) is 11.4 Å². The summed E-state index contributed by atoms with van der Waals surface area (Å²) in [5.41, 5.74) is 1.90. The molecule has 8 heteroatoms. The van der Waals surface area contributed by atoms with Crippen molar-refractivity contribution in [2.45, 2.75) is 11.3 Å². The Labute approximate surface area is 162 Å². The van der Waals surface area contributed by atoms with E-state index in [0.29, 0.717) is 12.3 Å². The first-order valence-electron chi connectivity index (χ1n) is 8.38. The minimum Gasteiger partial charge on any atom is -0.367 e. The second kappa shape index (κ2) is 9.03. The van der Waals surface area contributed by atoms with Crippen molar-refractivity contribution in [3.63, 3.8) is 0 Å². The number of hydrogen-bond donors (Lipinski definition) is 1. The second-order valence-corrected chi connectivity index (χ2v) is 8.31. The number of nitrogens with zero attached hydrogens (tertiary/aromatic N) is 4. The summed E-state index contributed by atoms with van der Waals surface area (Å²) in [4.78, 5) is 16.9. The molecule has 1 aliphatic heterocycles. The molecule has 0 saturated carbocycles. The molecule has 26 heavy (non-hydrogen) atoms. The Morgan fingerprint density at radius 1 is 1.31 bits per heavy atom. The van der Waals surface area contributed by atoms with Crippen LogP contribution >= 0.6 is 23.1 Å². The highest BCUT2D eigenvalue weighted by molar-refractivity contribution is 8.01. The third-order valence-electron chi connectivity index (χ3n) is 4.04. The van der Waals surface area contributed by atoms with Crippen molar-refractivity contribution >= 4 is 40.4 Å². The van der Waals surface area contributed by atoms with Gasteiger partial charge in [-0.15, -0.1) is 16.6 Å². The Balaban J connectivity index is 1.58. The maximum absolute atomic E-state index is 12.3. The molecule has 1 N–H and O–H groups in total. The van der Waals surface area contributed by atoms with Crippen molar-refractivity contribution in [1.29, 1.82) is 0 Å². The van der Waals surface area contributed by atoms with Crippen molar-refractivity contribution in [2.75, 3.05) is 48.7 Å². The Kier molecular flexibility index (Phi) is 6.50. The molecule has 0 bridgehead atoms. The van der Waals surface area contributed by atoms with Gasteiger partial charge in [0.05, 0.1) is 23.7 Å². The van der Waals surface area contributed by atoms with Crippen LogP contribution in [0.5, 0.6) is 0 Å². The predicted molar refractivity (Wildman–Crippen MR) is 108 cm³/mol. The lowest BCUT2D eigenvalue weighted by Crippen LogP contribution is -2.46. The Morgan fingerprint density at radius 3 is 2.77 bits per heavy atom. The summed E-state index contributed by atoms with van der Waals surface area (Å²) in [6.07, 6.45) is 5.39. The van der Waals surface area contributed by atoms with Crippen LogP contribution in [0.3, 0.4) is 0 Å². The number of amides is 1. The first-order chi connectivity index (χ1) is 12.7. The van der Waals surface area contributed by atoms with Gasteiger partial charge < -0.3 is 10.2 Å². The standard InChI is InChI=1S/C18H21N5OS2/c1-3-8-22-9-11-23(12-10-22)16-7-5-4-6-15(16)19-17(24)13-25-18-21-20-14(2)26-18/h1,4-7H,8-13H2,2H3,(H,19,24). The minimum atomic E-state index is -0.0405. The summed E-state index contributed by atoms with van der Waals surface area (Å²) < 4.78 is 0.815. The van der Waals surface area contributed by atoms with E-state index in [1.807, 2.05) is 31.2 Å². The van der Waals surface area contributed by atoms with E-state index in [-0.39, 0.29) is 5.91 Å². The van der Waals surface area contributed by atoms with Gasteiger partial charge >= 0.3 is 0 Å². The molecule has 1 aromatic carbocycles. The van der Waals surface area contributed by atoms with Gasteiger partial charge in [-0.1, -0.05) is 41.2 Å². The lowest BCUT2D eigenvalue weighted by Gasteiger charge is -2.36. The maximum Gasteiger partial charge on any atom is 0.234 e. The molecule has 0 aliphatic carbocycles. The normalized spacial score (nSPS) is 14.8. The zero-order chi connectivity index (χ0) is 18.4. The van der Waals surface area contributed by atoms with Gasteiger partial charge in [0.1, 0.15) is 5.01 Å². The van der Waals surface area contributed by atoms with E-state index < -0.39 is 0 Å². The second-order valence-electron chi connectivity index (χ2n) is 5.91. The average Bonchev–Trinajstić information content (AvgIpc) is 3.07. The molecule has 0 unspecified atom stereocenters. The van der Waals surface area contributed by atoms with Gasteiger partial charge in [-0.3, -0.25) is 9.69 Å². The Bertz CT molecular complexity index is 793. The number of hydrogen-bond acceptors (Lipinski definition) is 7. The van der Waals surface area contributed by atoms with Gasteiger partial charge in [0.2, 0.25) is 5.91 Å². The highest BCUT2D eigenvalue weighted by Crippen LogP contribution is 2.27. The number of benzene rings is 1. The Hall–Kier alpha value is -2.08. The van der Waals surface area contributed by atoms with Crippen LogP contribution < -0.4 is 10.2 Å². The average molecular weight is 388 g/mol. The number of aryl methyl sites for hydroxylation is 1. The summed E-state index contributed by atoms with van der Waals surface area (Å²) in [6.45, 7) is 6.24. The molecule has 0 atom stereocenters. The number of carbonyl (C=O) groups excluding carboxylic acids is 1. The zero-order valence-corrected chi connectivity index (χ0v) is 16.3. The summed E-state index contributed by atoms with van der Waals surface area (Å²) in [7, 11) is 0. The maximum atomic E-state index is 12.3. The van der Waals surface area contributed by atoms with Crippen molar-refractivity contribution < 1.29 is 4.79 Å². The van der Waals surface area contributed by atoms with E-state index in [9.17, 15) is 4.79 Å². The molecule has 1 fully saturated rings. The van der Waals surface area contributed by atoms with Crippen molar-refractivity contribution in [3.8, 4) is 12.3 Å². The number of rotatable bonds is 6. The van der Waals surface area contributed by atoms with Gasteiger partial charge in [0.25, 0.3) is 0 Å². The first kappa shape index (κ1) is 18.7. The predicted octanol–water partition coefficient (Wildman–Crippen LogP) is 2.33. The first-order valence-corrected chi connectivity index (χ1v) is 10.2. The molecular formula is C18H21N5OS2. The molecule has 1 aromatic heterocycles. The van der Waals surface area contributed by atoms with E-state index in [0.717, 1.165) is 46.9 Å². The third kappa shape index (κ3) is 4.97. The van der Waals surface area contributed by atoms with Crippen LogP contribution in [0.1, 0.15) is 5.01 Å². The number of carbonyl (C=O) groups is 1. The number of para-hydroxylation sites is 2. The smallest absolute Gasteiger partial charge is 0.234 e. The van der Waals surface area contributed by atoms with Crippen LogP contribution in [0.15, 0.2) is 28.6 Å². The number of terminal acetylenes is 1. The largest absolute Gasteiger partial charge is 0.367 e. The summed E-state index contributed by atoms with van der Waals surface area (Å²) in [6, 6.07) is 7.93. The number of nitrogens with one attached hydrogen (secondary N) is 1. The van der Waals surface area contributed by atoms with Gasteiger partial charge in [-0.2, -0.15) is 0 Å². The Morgan fingerprint density at radius 2 is 2.08 bits per heavy atom. The fourth-order valence-corrected chi connectivity index (χ4v) is 4.40. The topological polar surface area (TPSA) is 61.4 Å². The molecule has 0 radical (unpaired) electrons. The molecule has 3 rings (SSSR count). The molecule has 1 amide bonds. The quantitative estimate of drug-likeness (QED) is 0.606. The fraction of sp³-hybridized carbons (Fsp3) is 0.389. The van der Waals surface area contributed by atoms with Crippen LogP contribution in [-0.2, 0) is 4.79 Å². The van der Waals surface area contributed by atoms with Crippen molar-refractivity contribution in [3.05, 3.63) is 29.3 Å². The molecule has 1 saturated heterocycles. The lowest BCUT2D eigenvalue weighted by molar-refractivity contribution is -0.113. The zero-order valence-electron chi connectivity index (χ0n) is 14.6. The lowest BCUT2D eigenvalue weighted by atomic mass is 10.2. The third-order valence-corrected chi connectivity index (χ3v) is 6.01. The van der Waals surface area contributed by atoms with Crippen molar-refractivity contribution in [2.24, 2.45) is 0 Å². The molecular weight excluding hydrogens is 366 g/mol. The van der Waals surface area contributed by atoms with E-state index in [1.165, 1.54) is 23.1 Å². The van der Waals surface area contributed by atoms with Gasteiger partial charge in [-0.25, -0.2) is 0 Å². The number of anilines is 2. The van der Waals surface area contributed by atoms with Crippen molar-refractivity contribution in [1.82, 2.24) is 15.1 Å². The van der Waals surface area contributed by atoms with Gasteiger partial charge in [0.15, 0.2) is 4.34 Å². The SMILES string of the molecule is C#CCN1CCN(c2ccccc2NC(=O)CSc2nnc(C)s2)CC1. The summed E-state index contributed by atoms with van der Waals surface area (Å²) >= 11 is 2.91. The monoisotopic (exact) mass is 387 g/mol. The fourth-order valence-electron chi connectivity index (χ4n) is 2.78. The van der Waals surface area contributed by atoms with E-state index >= 15 is 0 Å². The van der Waals surface area contributed by atoms with Crippen LogP contribution in [0.25, 0.3) is 0 Å². The summed E-state index contributed by atoms with van der Waals surface area (Å²) in [5, 5.41) is 11.9. The van der Waals surface area contributed by atoms with Crippen LogP contribution in [0.2, 0.25) is 0 Å².